The Morgan fingerprint density at radius 2 is 2.13 bits per heavy atom. The number of nitrogens with zero attached hydrogens (tertiary/aromatic N) is 1. The van der Waals surface area contributed by atoms with Crippen molar-refractivity contribution in [3.05, 3.63) is 0 Å². The van der Waals surface area contributed by atoms with Gasteiger partial charge in [-0.1, -0.05) is 0 Å². The van der Waals surface area contributed by atoms with Crippen LogP contribution >= 0.6 is 0 Å². The lowest BCUT2D eigenvalue weighted by atomic mass is 10.1. The van der Waals surface area contributed by atoms with E-state index in [9.17, 15) is 4.79 Å². The van der Waals surface area contributed by atoms with Crippen molar-refractivity contribution in [1.82, 2.24) is 10.2 Å². The van der Waals surface area contributed by atoms with Crippen LogP contribution in [-0.4, -0.2) is 42.3 Å². The molecule has 4 nitrogen and oxygen atoms in total. The van der Waals surface area contributed by atoms with Gasteiger partial charge >= 0.3 is 6.09 Å². The molecule has 2 heterocycles. The van der Waals surface area contributed by atoms with Crippen LogP contribution in [0.1, 0.15) is 27.2 Å². The molecule has 86 valence electrons. The number of carbonyl (C=O) groups excluding carboxylic acids is 1. The summed E-state index contributed by atoms with van der Waals surface area (Å²) in [5.41, 5.74) is -0.387. The molecule has 2 fully saturated rings. The van der Waals surface area contributed by atoms with Gasteiger partial charge in [0.1, 0.15) is 5.60 Å². The molecule has 1 amide bonds. The highest BCUT2D eigenvalue weighted by atomic mass is 16.6. The minimum absolute atomic E-state index is 0.168. The van der Waals surface area contributed by atoms with Crippen LogP contribution < -0.4 is 5.32 Å². The van der Waals surface area contributed by atoms with Gasteiger partial charge in [-0.15, -0.1) is 0 Å². The predicted molar refractivity (Wildman–Crippen MR) is 57.7 cm³/mol. The largest absolute Gasteiger partial charge is 0.444 e. The van der Waals surface area contributed by atoms with Crippen molar-refractivity contribution in [3.63, 3.8) is 0 Å². The Hall–Kier alpha value is -0.770. The number of amides is 1. The van der Waals surface area contributed by atoms with Crippen molar-refractivity contribution in [1.29, 1.82) is 0 Å². The maximum Gasteiger partial charge on any atom is 0.410 e. The van der Waals surface area contributed by atoms with Crippen LogP contribution in [0.2, 0.25) is 0 Å². The van der Waals surface area contributed by atoms with Crippen LogP contribution in [0.4, 0.5) is 4.79 Å². The van der Waals surface area contributed by atoms with Crippen LogP contribution in [0, 0.1) is 5.92 Å². The number of likely N-dealkylation sites (tertiary alicyclic amines) is 1. The molecule has 0 aromatic carbocycles. The zero-order valence-corrected chi connectivity index (χ0v) is 9.75. The molecule has 2 rings (SSSR count). The van der Waals surface area contributed by atoms with E-state index in [-0.39, 0.29) is 11.7 Å². The van der Waals surface area contributed by atoms with Crippen molar-refractivity contribution < 1.29 is 9.53 Å². The fraction of sp³-hybridized carbons (Fsp3) is 0.909. The number of nitrogens with one attached hydrogen (secondary N) is 1. The molecule has 0 saturated carbocycles. The number of ether oxygens (including phenoxy) is 1. The molecule has 0 radical (unpaired) electrons. The molecule has 2 saturated heterocycles. The van der Waals surface area contributed by atoms with Gasteiger partial charge in [-0.3, -0.25) is 0 Å². The molecule has 2 atom stereocenters. The maximum atomic E-state index is 11.8. The van der Waals surface area contributed by atoms with Gasteiger partial charge in [-0.25, -0.2) is 4.79 Å². The van der Waals surface area contributed by atoms with E-state index in [4.69, 9.17) is 4.74 Å². The van der Waals surface area contributed by atoms with Crippen LogP contribution in [0.25, 0.3) is 0 Å². The zero-order chi connectivity index (χ0) is 11.1. The summed E-state index contributed by atoms with van der Waals surface area (Å²) < 4.78 is 5.35. The van der Waals surface area contributed by atoms with Crippen LogP contribution in [0.5, 0.6) is 0 Å². The molecule has 0 aromatic rings. The van der Waals surface area contributed by atoms with Gasteiger partial charge < -0.3 is 15.0 Å². The van der Waals surface area contributed by atoms with Crippen molar-refractivity contribution in [3.8, 4) is 0 Å². The van der Waals surface area contributed by atoms with Crippen molar-refractivity contribution in [2.45, 2.75) is 38.8 Å². The van der Waals surface area contributed by atoms with E-state index < -0.39 is 0 Å². The summed E-state index contributed by atoms with van der Waals surface area (Å²) in [4.78, 5) is 13.6. The molecule has 15 heavy (non-hydrogen) atoms. The second-order valence-corrected chi connectivity index (χ2v) is 5.49. The number of hydrogen-bond donors (Lipinski definition) is 1. The van der Waals surface area contributed by atoms with Gasteiger partial charge in [0.15, 0.2) is 0 Å². The molecule has 4 heteroatoms. The molecular weight excluding hydrogens is 192 g/mol. The zero-order valence-electron chi connectivity index (χ0n) is 9.75. The van der Waals surface area contributed by atoms with Crippen molar-refractivity contribution in [2.24, 2.45) is 5.92 Å². The fourth-order valence-electron chi connectivity index (χ4n) is 2.32. The van der Waals surface area contributed by atoms with E-state index in [0.717, 1.165) is 19.6 Å². The normalized spacial score (nSPS) is 30.5. The lowest BCUT2D eigenvalue weighted by molar-refractivity contribution is 0.0283. The lowest BCUT2D eigenvalue weighted by Gasteiger charge is -2.24. The van der Waals surface area contributed by atoms with Crippen LogP contribution in [0.3, 0.4) is 0 Å². The Kier molecular flexibility index (Phi) is 2.63. The molecule has 0 spiro atoms. The van der Waals surface area contributed by atoms with Gasteiger partial charge in [0.2, 0.25) is 0 Å². The quantitative estimate of drug-likeness (QED) is 0.656. The average Bonchev–Trinajstić information content (AvgIpc) is 2.56. The van der Waals surface area contributed by atoms with Crippen molar-refractivity contribution in [2.75, 3.05) is 19.6 Å². The Bertz CT molecular complexity index is 248. The average molecular weight is 212 g/mol. The monoisotopic (exact) mass is 212 g/mol. The topological polar surface area (TPSA) is 41.6 Å². The first-order valence-corrected chi connectivity index (χ1v) is 5.67. The molecule has 2 aliphatic heterocycles. The van der Waals surface area contributed by atoms with Gasteiger partial charge in [0.25, 0.3) is 0 Å². The summed E-state index contributed by atoms with van der Waals surface area (Å²) >= 11 is 0. The van der Waals surface area contributed by atoms with Crippen LogP contribution in [0.15, 0.2) is 0 Å². The Morgan fingerprint density at radius 1 is 1.40 bits per heavy atom. The summed E-state index contributed by atoms with van der Waals surface area (Å²) in [6.07, 6.45) is 1.02. The van der Waals surface area contributed by atoms with E-state index in [1.54, 1.807) is 0 Å². The number of hydrogen-bond acceptors (Lipinski definition) is 3. The van der Waals surface area contributed by atoms with E-state index >= 15 is 0 Å². The summed E-state index contributed by atoms with van der Waals surface area (Å²) in [6, 6.07) is 0.498. The summed E-state index contributed by atoms with van der Waals surface area (Å²) in [6.45, 7) is 8.46. The van der Waals surface area contributed by atoms with Gasteiger partial charge in [0.05, 0.1) is 0 Å². The first-order chi connectivity index (χ1) is 6.96. The SMILES string of the molecule is CC(C)(C)OC(=O)N1CC2NCC[C@@H]2C1. The Morgan fingerprint density at radius 3 is 2.73 bits per heavy atom. The van der Waals surface area contributed by atoms with E-state index in [0.29, 0.717) is 12.0 Å². The van der Waals surface area contributed by atoms with E-state index in [2.05, 4.69) is 5.32 Å². The first kappa shape index (κ1) is 10.7. The number of rotatable bonds is 0. The summed E-state index contributed by atoms with van der Waals surface area (Å²) in [5, 5.41) is 3.42. The molecule has 1 unspecified atom stereocenters. The summed E-state index contributed by atoms with van der Waals surface area (Å²) in [5.74, 6) is 0.637. The molecule has 0 bridgehead atoms. The number of fused-ring (bicyclic) bond motifs is 1. The van der Waals surface area contributed by atoms with Gasteiger partial charge in [-0.05, 0) is 39.7 Å². The third-order valence-electron chi connectivity index (χ3n) is 3.01. The molecule has 0 aliphatic carbocycles. The second-order valence-electron chi connectivity index (χ2n) is 5.49. The van der Waals surface area contributed by atoms with Gasteiger partial charge in [0, 0.05) is 19.1 Å². The third kappa shape index (κ3) is 2.43. The first-order valence-electron chi connectivity index (χ1n) is 5.67. The summed E-state index contributed by atoms with van der Waals surface area (Å²) in [7, 11) is 0. The van der Waals surface area contributed by atoms with Crippen molar-refractivity contribution >= 4 is 6.09 Å². The number of carbonyl (C=O) groups is 1. The van der Waals surface area contributed by atoms with Gasteiger partial charge in [-0.2, -0.15) is 0 Å². The second kappa shape index (κ2) is 3.67. The van der Waals surface area contributed by atoms with E-state index in [1.165, 1.54) is 6.42 Å². The maximum absolute atomic E-state index is 11.8. The Balaban J connectivity index is 1.88. The minimum atomic E-state index is -0.387. The van der Waals surface area contributed by atoms with E-state index in [1.807, 2.05) is 25.7 Å². The predicted octanol–water partition coefficient (Wildman–Crippen LogP) is 1.22. The highest BCUT2D eigenvalue weighted by Gasteiger charge is 2.39. The highest BCUT2D eigenvalue weighted by Crippen LogP contribution is 2.25. The standard InChI is InChI=1S/C11H20N2O2/c1-11(2,3)15-10(14)13-6-8-4-5-12-9(8)7-13/h8-9,12H,4-7H2,1-3H3/t8-,9?/m1/s1. The smallest absolute Gasteiger partial charge is 0.410 e. The molecule has 2 aliphatic rings. The minimum Gasteiger partial charge on any atom is -0.444 e. The lowest BCUT2D eigenvalue weighted by Crippen LogP contribution is -2.37. The fourth-order valence-corrected chi connectivity index (χ4v) is 2.32. The molecule has 1 N–H and O–H groups in total. The molecular formula is C11H20N2O2. The Labute approximate surface area is 91.0 Å². The molecule has 0 aromatic heterocycles. The highest BCUT2D eigenvalue weighted by molar-refractivity contribution is 5.68. The third-order valence-corrected chi connectivity index (χ3v) is 3.01. The van der Waals surface area contributed by atoms with Crippen LogP contribution in [-0.2, 0) is 4.74 Å².